The number of benzene rings is 2. The SMILES string of the molecule is CC(C)(CO)NC(=O)Cc1ccc(NC(=O)c2ccccc2)cc1. The molecule has 0 bridgehead atoms. The van der Waals surface area contributed by atoms with Crippen molar-refractivity contribution in [1.82, 2.24) is 5.32 Å². The fourth-order valence-corrected chi connectivity index (χ4v) is 2.15. The van der Waals surface area contributed by atoms with Crippen molar-refractivity contribution in [3.8, 4) is 0 Å². The van der Waals surface area contributed by atoms with Gasteiger partial charge in [-0.25, -0.2) is 0 Å². The molecule has 0 radical (unpaired) electrons. The van der Waals surface area contributed by atoms with Crippen LogP contribution in [0.25, 0.3) is 0 Å². The predicted octanol–water partition coefficient (Wildman–Crippen LogP) is 2.37. The molecule has 2 rings (SSSR count). The summed E-state index contributed by atoms with van der Waals surface area (Å²) in [6.07, 6.45) is 0.219. The lowest BCUT2D eigenvalue weighted by molar-refractivity contribution is -0.122. The van der Waals surface area contributed by atoms with E-state index in [9.17, 15) is 9.59 Å². The predicted molar refractivity (Wildman–Crippen MR) is 93.8 cm³/mol. The lowest BCUT2D eigenvalue weighted by Gasteiger charge is -2.23. The van der Waals surface area contributed by atoms with Gasteiger partial charge in [0, 0.05) is 11.3 Å². The maximum absolute atomic E-state index is 12.1. The van der Waals surface area contributed by atoms with Crippen LogP contribution in [0.5, 0.6) is 0 Å². The number of anilines is 1. The number of rotatable bonds is 6. The summed E-state index contributed by atoms with van der Waals surface area (Å²) in [7, 11) is 0. The Morgan fingerprint density at radius 3 is 2.21 bits per heavy atom. The zero-order chi connectivity index (χ0) is 17.6. The zero-order valence-corrected chi connectivity index (χ0v) is 13.9. The molecule has 0 fully saturated rings. The smallest absolute Gasteiger partial charge is 0.255 e. The van der Waals surface area contributed by atoms with Crippen molar-refractivity contribution in [2.75, 3.05) is 11.9 Å². The van der Waals surface area contributed by atoms with E-state index in [1.54, 1.807) is 50.2 Å². The van der Waals surface area contributed by atoms with Gasteiger partial charge in [-0.1, -0.05) is 30.3 Å². The molecule has 5 nitrogen and oxygen atoms in total. The van der Waals surface area contributed by atoms with E-state index in [1.165, 1.54) is 0 Å². The van der Waals surface area contributed by atoms with Crippen LogP contribution in [-0.2, 0) is 11.2 Å². The molecule has 0 saturated carbocycles. The van der Waals surface area contributed by atoms with E-state index in [1.807, 2.05) is 18.2 Å². The van der Waals surface area contributed by atoms with Crippen molar-refractivity contribution in [3.63, 3.8) is 0 Å². The van der Waals surface area contributed by atoms with Crippen molar-refractivity contribution in [2.24, 2.45) is 0 Å². The maximum Gasteiger partial charge on any atom is 0.255 e. The van der Waals surface area contributed by atoms with Crippen molar-refractivity contribution >= 4 is 17.5 Å². The molecule has 3 N–H and O–H groups in total. The zero-order valence-electron chi connectivity index (χ0n) is 13.9. The van der Waals surface area contributed by atoms with Crippen molar-refractivity contribution < 1.29 is 14.7 Å². The molecule has 0 aromatic heterocycles. The number of hydrogen-bond acceptors (Lipinski definition) is 3. The first-order chi connectivity index (χ1) is 11.4. The summed E-state index contributed by atoms with van der Waals surface area (Å²) in [5.74, 6) is -0.332. The fraction of sp³-hybridized carbons (Fsp3) is 0.263. The molecule has 0 spiro atoms. The summed E-state index contributed by atoms with van der Waals surface area (Å²) in [6.45, 7) is 3.39. The van der Waals surface area contributed by atoms with Gasteiger partial charge in [0.25, 0.3) is 5.91 Å². The highest BCUT2D eigenvalue weighted by Crippen LogP contribution is 2.12. The Morgan fingerprint density at radius 1 is 1.00 bits per heavy atom. The third-order valence-electron chi connectivity index (χ3n) is 3.49. The van der Waals surface area contributed by atoms with Gasteiger partial charge in [-0.3, -0.25) is 9.59 Å². The standard InChI is InChI=1S/C19H22N2O3/c1-19(2,13-22)21-17(23)12-14-8-10-16(11-9-14)20-18(24)15-6-4-3-5-7-15/h3-11,22H,12-13H2,1-2H3,(H,20,24)(H,21,23). The molecule has 0 aliphatic rings. The molecule has 2 amide bonds. The van der Waals surface area contributed by atoms with E-state index in [2.05, 4.69) is 10.6 Å². The van der Waals surface area contributed by atoms with Crippen molar-refractivity contribution in [2.45, 2.75) is 25.8 Å². The van der Waals surface area contributed by atoms with E-state index < -0.39 is 5.54 Å². The molecule has 0 saturated heterocycles. The first kappa shape index (κ1) is 17.7. The Morgan fingerprint density at radius 2 is 1.62 bits per heavy atom. The number of hydrogen-bond donors (Lipinski definition) is 3. The highest BCUT2D eigenvalue weighted by Gasteiger charge is 2.18. The Bertz CT molecular complexity index is 694. The second kappa shape index (κ2) is 7.75. The monoisotopic (exact) mass is 326 g/mol. The number of carbonyl (C=O) groups excluding carboxylic acids is 2. The third-order valence-corrected chi connectivity index (χ3v) is 3.49. The van der Waals surface area contributed by atoms with Crippen LogP contribution in [-0.4, -0.2) is 29.1 Å². The van der Waals surface area contributed by atoms with Gasteiger partial charge in [-0.2, -0.15) is 0 Å². The average Bonchev–Trinajstić information content (AvgIpc) is 2.57. The van der Waals surface area contributed by atoms with Crippen LogP contribution in [0.2, 0.25) is 0 Å². The van der Waals surface area contributed by atoms with Crippen molar-refractivity contribution in [1.29, 1.82) is 0 Å². The van der Waals surface area contributed by atoms with E-state index in [4.69, 9.17) is 5.11 Å². The van der Waals surface area contributed by atoms with Gasteiger partial charge in [0.2, 0.25) is 5.91 Å². The molecule has 0 aliphatic carbocycles. The second-order valence-corrected chi connectivity index (χ2v) is 6.28. The molecule has 0 aliphatic heterocycles. The molecule has 126 valence electrons. The van der Waals surface area contributed by atoms with Crippen molar-refractivity contribution in [3.05, 3.63) is 65.7 Å². The average molecular weight is 326 g/mol. The fourth-order valence-electron chi connectivity index (χ4n) is 2.15. The second-order valence-electron chi connectivity index (χ2n) is 6.28. The molecule has 24 heavy (non-hydrogen) atoms. The largest absolute Gasteiger partial charge is 0.394 e. The van der Waals surface area contributed by atoms with Crippen LogP contribution in [0.1, 0.15) is 29.8 Å². The molecule has 0 heterocycles. The Labute approximate surface area is 141 Å². The Balaban J connectivity index is 1.93. The van der Waals surface area contributed by atoms with E-state index in [0.717, 1.165) is 5.56 Å². The molecule has 2 aromatic rings. The van der Waals surface area contributed by atoms with Gasteiger partial charge in [0.15, 0.2) is 0 Å². The summed E-state index contributed by atoms with van der Waals surface area (Å²) in [4.78, 5) is 24.0. The number of carbonyl (C=O) groups is 2. The van der Waals surface area contributed by atoms with Crippen LogP contribution < -0.4 is 10.6 Å². The molecular weight excluding hydrogens is 304 g/mol. The minimum absolute atomic E-state index is 0.122. The van der Waals surface area contributed by atoms with Crippen LogP contribution in [0.15, 0.2) is 54.6 Å². The minimum atomic E-state index is -0.638. The normalized spacial score (nSPS) is 11.0. The highest BCUT2D eigenvalue weighted by molar-refractivity contribution is 6.04. The number of aliphatic hydroxyl groups is 1. The van der Waals surface area contributed by atoms with Gasteiger partial charge >= 0.3 is 0 Å². The van der Waals surface area contributed by atoms with Crippen LogP contribution in [0, 0.1) is 0 Å². The molecule has 0 atom stereocenters. The van der Waals surface area contributed by atoms with Gasteiger partial charge in [-0.15, -0.1) is 0 Å². The highest BCUT2D eigenvalue weighted by atomic mass is 16.3. The lowest BCUT2D eigenvalue weighted by atomic mass is 10.1. The molecule has 0 unspecified atom stereocenters. The maximum atomic E-state index is 12.1. The van der Waals surface area contributed by atoms with Crippen LogP contribution in [0.4, 0.5) is 5.69 Å². The third kappa shape index (κ3) is 5.21. The molecular formula is C19H22N2O3. The number of nitrogens with one attached hydrogen (secondary N) is 2. The summed E-state index contributed by atoms with van der Waals surface area (Å²) >= 11 is 0. The first-order valence-electron chi connectivity index (χ1n) is 7.77. The Kier molecular flexibility index (Phi) is 5.71. The van der Waals surface area contributed by atoms with Gasteiger partial charge in [0.05, 0.1) is 18.6 Å². The van der Waals surface area contributed by atoms with E-state index in [-0.39, 0.29) is 24.8 Å². The van der Waals surface area contributed by atoms with Crippen LogP contribution >= 0.6 is 0 Å². The number of aliphatic hydroxyl groups excluding tert-OH is 1. The quantitative estimate of drug-likeness (QED) is 0.762. The summed E-state index contributed by atoms with van der Waals surface area (Å²) in [6, 6.07) is 16.1. The van der Waals surface area contributed by atoms with Gasteiger partial charge in [0.1, 0.15) is 0 Å². The summed E-state index contributed by atoms with van der Waals surface area (Å²) < 4.78 is 0. The molecule has 2 aromatic carbocycles. The van der Waals surface area contributed by atoms with Gasteiger partial charge < -0.3 is 15.7 Å². The Hall–Kier alpha value is -2.66. The molecule has 5 heteroatoms. The lowest BCUT2D eigenvalue weighted by Crippen LogP contribution is -2.46. The van der Waals surface area contributed by atoms with E-state index in [0.29, 0.717) is 11.3 Å². The first-order valence-corrected chi connectivity index (χ1v) is 7.77. The van der Waals surface area contributed by atoms with Crippen LogP contribution in [0.3, 0.4) is 0 Å². The summed E-state index contributed by atoms with van der Waals surface area (Å²) in [5.41, 5.74) is 1.45. The summed E-state index contributed by atoms with van der Waals surface area (Å²) in [5, 5.41) is 14.7. The minimum Gasteiger partial charge on any atom is -0.394 e. The van der Waals surface area contributed by atoms with E-state index >= 15 is 0 Å². The topological polar surface area (TPSA) is 78.4 Å². The van der Waals surface area contributed by atoms with Gasteiger partial charge in [-0.05, 0) is 43.7 Å². The number of amides is 2.